The molecule has 2 heterocycles. The number of piperidine rings is 1. The Kier molecular flexibility index (Phi) is 4.20. The minimum Gasteiger partial charge on any atom is -0.487 e. The largest absolute Gasteiger partial charge is 0.487 e. The minimum absolute atomic E-state index is 0.00790. The molecule has 3 rings (SSSR count). The SMILES string of the molecule is COCc1cccc(OC2C[C@H]3CC[C@@H](C2)N3C(=O)O)c1F. The molecule has 2 saturated heterocycles. The van der Waals surface area contributed by atoms with Gasteiger partial charge < -0.3 is 19.5 Å². The van der Waals surface area contributed by atoms with Crippen molar-refractivity contribution < 1.29 is 23.8 Å². The first-order chi connectivity index (χ1) is 10.6. The van der Waals surface area contributed by atoms with Gasteiger partial charge in [-0.25, -0.2) is 9.18 Å². The summed E-state index contributed by atoms with van der Waals surface area (Å²) < 4.78 is 25.1. The second-order valence-corrected chi connectivity index (χ2v) is 5.95. The Morgan fingerprint density at radius 1 is 1.36 bits per heavy atom. The van der Waals surface area contributed by atoms with Crippen molar-refractivity contribution in [3.8, 4) is 5.75 Å². The van der Waals surface area contributed by atoms with E-state index in [0.717, 1.165) is 12.8 Å². The van der Waals surface area contributed by atoms with E-state index in [9.17, 15) is 14.3 Å². The number of fused-ring (bicyclic) bond motifs is 2. The van der Waals surface area contributed by atoms with Crippen LogP contribution in [0.15, 0.2) is 18.2 Å². The number of carbonyl (C=O) groups is 1. The number of nitrogens with zero attached hydrogens (tertiary/aromatic N) is 1. The van der Waals surface area contributed by atoms with E-state index in [-0.39, 0.29) is 30.5 Å². The lowest BCUT2D eigenvalue weighted by Gasteiger charge is -2.37. The molecule has 5 nitrogen and oxygen atoms in total. The van der Waals surface area contributed by atoms with Crippen LogP contribution in [-0.4, -0.2) is 41.4 Å². The standard InChI is InChI=1S/C16H20FNO4/c1-21-9-10-3-2-4-14(15(10)17)22-13-7-11-5-6-12(8-13)18(11)16(19)20/h2-4,11-13H,5-9H2,1H3,(H,19,20)/t11-,12+,13?. The van der Waals surface area contributed by atoms with E-state index in [1.165, 1.54) is 12.0 Å². The van der Waals surface area contributed by atoms with Crippen LogP contribution < -0.4 is 4.74 Å². The van der Waals surface area contributed by atoms with Gasteiger partial charge in [0.25, 0.3) is 0 Å². The molecular weight excluding hydrogens is 289 g/mol. The molecule has 0 saturated carbocycles. The Morgan fingerprint density at radius 3 is 2.64 bits per heavy atom. The number of amides is 1. The molecule has 2 aliphatic rings. The van der Waals surface area contributed by atoms with E-state index in [2.05, 4.69) is 0 Å². The zero-order valence-electron chi connectivity index (χ0n) is 12.5. The van der Waals surface area contributed by atoms with E-state index in [1.807, 2.05) is 0 Å². The fraction of sp³-hybridized carbons (Fsp3) is 0.562. The van der Waals surface area contributed by atoms with Crippen molar-refractivity contribution in [3.05, 3.63) is 29.6 Å². The van der Waals surface area contributed by atoms with Crippen LogP contribution in [0.25, 0.3) is 0 Å². The number of hydrogen-bond donors (Lipinski definition) is 1. The van der Waals surface area contributed by atoms with Crippen molar-refractivity contribution in [3.63, 3.8) is 0 Å². The maximum Gasteiger partial charge on any atom is 0.407 e. The van der Waals surface area contributed by atoms with E-state index in [4.69, 9.17) is 9.47 Å². The van der Waals surface area contributed by atoms with E-state index in [0.29, 0.717) is 18.4 Å². The van der Waals surface area contributed by atoms with E-state index >= 15 is 0 Å². The van der Waals surface area contributed by atoms with Gasteiger partial charge in [0.2, 0.25) is 0 Å². The fourth-order valence-corrected chi connectivity index (χ4v) is 3.63. The van der Waals surface area contributed by atoms with Crippen molar-refractivity contribution in [1.82, 2.24) is 4.90 Å². The third-order valence-electron chi connectivity index (χ3n) is 4.55. The molecule has 0 spiro atoms. The van der Waals surface area contributed by atoms with E-state index < -0.39 is 11.9 Å². The predicted octanol–water partition coefficient (Wildman–Crippen LogP) is 3.02. The highest BCUT2D eigenvalue weighted by Gasteiger charge is 2.44. The normalized spacial score (nSPS) is 27.0. The molecule has 1 aromatic rings. The molecule has 0 radical (unpaired) electrons. The lowest BCUT2D eigenvalue weighted by molar-refractivity contribution is 0.0476. The Balaban J connectivity index is 1.71. The summed E-state index contributed by atoms with van der Waals surface area (Å²) in [5.74, 6) is -0.167. The summed E-state index contributed by atoms with van der Waals surface area (Å²) in [6.45, 7) is 0.200. The maximum absolute atomic E-state index is 14.3. The van der Waals surface area contributed by atoms with Gasteiger partial charge in [-0.3, -0.25) is 0 Å². The summed E-state index contributed by atoms with van der Waals surface area (Å²) in [4.78, 5) is 12.8. The zero-order chi connectivity index (χ0) is 15.7. The quantitative estimate of drug-likeness (QED) is 0.929. The van der Waals surface area contributed by atoms with Gasteiger partial charge in [0.15, 0.2) is 11.6 Å². The summed E-state index contributed by atoms with van der Waals surface area (Å²) in [5.41, 5.74) is 0.464. The molecule has 2 aliphatic heterocycles. The number of halogens is 1. The number of hydrogen-bond acceptors (Lipinski definition) is 3. The van der Waals surface area contributed by atoms with Gasteiger partial charge in [0, 0.05) is 37.6 Å². The lowest BCUT2D eigenvalue weighted by atomic mass is 10.00. The molecule has 0 aliphatic carbocycles. The van der Waals surface area contributed by atoms with Crippen molar-refractivity contribution >= 4 is 6.09 Å². The first-order valence-corrected chi connectivity index (χ1v) is 7.54. The van der Waals surface area contributed by atoms with Gasteiger partial charge in [-0.05, 0) is 18.9 Å². The van der Waals surface area contributed by atoms with Crippen LogP contribution in [0.4, 0.5) is 9.18 Å². The average molecular weight is 309 g/mol. The van der Waals surface area contributed by atoms with Crippen LogP contribution in [0.2, 0.25) is 0 Å². The highest BCUT2D eigenvalue weighted by atomic mass is 19.1. The molecule has 2 fully saturated rings. The Morgan fingerprint density at radius 2 is 2.05 bits per heavy atom. The van der Waals surface area contributed by atoms with Crippen molar-refractivity contribution in [2.24, 2.45) is 0 Å². The molecule has 1 aromatic carbocycles. The molecule has 1 N–H and O–H groups in total. The lowest BCUT2D eigenvalue weighted by Crippen LogP contribution is -2.48. The maximum atomic E-state index is 14.3. The monoisotopic (exact) mass is 309 g/mol. The molecule has 22 heavy (non-hydrogen) atoms. The molecule has 2 bridgehead atoms. The highest BCUT2D eigenvalue weighted by Crippen LogP contribution is 2.37. The first kappa shape index (κ1) is 15.1. The molecule has 1 unspecified atom stereocenters. The predicted molar refractivity (Wildman–Crippen MR) is 77.4 cm³/mol. The number of rotatable bonds is 4. The van der Waals surface area contributed by atoms with Crippen LogP contribution in [0, 0.1) is 5.82 Å². The molecule has 0 aromatic heterocycles. The van der Waals surface area contributed by atoms with Crippen LogP contribution in [-0.2, 0) is 11.3 Å². The second kappa shape index (κ2) is 6.12. The average Bonchev–Trinajstić information content (AvgIpc) is 2.76. The number of ether oxygens (including phenoxy) is 2. The summed E-state index contributed by atoms with van der Waals surface area (Å²) >= 11 is 0. The number of benzene rings is 1. The highest BCUT2D eigenvalue weighted by molar-refractivity contribution is 5.66. The Hall–Kier alpha value is -1.82. The summed E-state index contributed by atoms with van der Waals surface area (Å²) in [7, 11) is 1.52. The number of methoxy groups -OCH3 is 1. The molecule has 6 heteroatoms. The third-order valence-corrected chi connectivity index (χ3v) is 4.55. The van der Waals surface area contributed by atoms with Crippen molar-refractivity contribution in [1.29, 1.82) is 0 Å². The summed E-state index contributed by atoms with van der Waals surface area (Å²) in [6.07, 6.45) is 1.97. The second-order valence-electron chi connectivity index (χ2n) is 5.95. The van der Waals surface area contributed by atoms with Gasteiger partial charge in [0.05, 0.1) is 6.61 Å². The number of carboxylic acid groups (broad SMARTS) is 1. The van der Waals surface area contributed by atoms with Crippen LogP contribution >= 0.6 is 0 Å². The van der Waals surface area contributed by atoms with Gasteiger partial charge in [-0.15, -0.1) is 0 Å². The summed E-state index contributed by atoms with van der Waals surface area (Å²) in [5, 5.41) is 9.25. The van der Waals surface area contributed by atoms with Gasteiger partial charge >= 0.3 is 6.09 Å². The van der Waals surface area contributed by atoms with Gasteiger partial charge in [-0.2, -0.15) is 0 Å². The first-order valence-electron chi connectivity index (χ1n) is 7.54. The molecule has 3 atom stereocenters. The van der Waals surface area contributed by atoms with Crippen LogP contribution in [0.3, 0.4) is 0 Å². The molecule has 120 valence electrons. The van der Waals surface area contributed by atoms with Crippen LogP contribution in [0.1, 0.15) is 31.2 Å². The Bertz CT molecular complexity index is 551. The van der Waals surface area contributed by atoms with E-state index in [1.54, 1.807) is 18.2 Å². The summed E-state index contributed by atoms with van der Waals surface area (Å²) in [6, 6.07) is 5.01. The fourth-order valence-electron chi connectivity index (χ4n) is 3.63. The molecular formula is C16H20FNO4. The van der Waals surface area contributed by atoms with Gasteiger partial charge in [0.1, 0.15) is 6.10 Å². The third kappa shape index (κ3) is 2.75. The van der Waals surface area contributed by atoms with Crippen molar-refractivity contribution in [2.75, 3.05) is 7.11 Å². The van der Waals surface area contributed by atoms with Crippen LogP contribution in [0.5, 0.6) is 5.75 Å². The van der Waals surface area contributed by atoms with Crippen molar-refractivity contribution in [2.45, 2.75) is 50.5 Å². The smallest absolute Gasteiger partial charge is 0.407 e. The molecule has 1 amide bonds. The topological polar surface area (TPSA) is 59.0 Å². The van der Waals surface area contributed by atoms with Gasteiger partial charge in [-0.1, -0.05) is 12.1 Å². The minimum atomic E-state index is -0.862. The zero-order valence-corrected chi connectivity index (χ0v) is 12.5. The Labute approximate surface area is 128 Å².